The molecule has 0 aliphatic heterocycles. The highest BCUT2D eigenvalue weighted by atomic mass is 32.2. The van der Waals surface area contributed by atoms with Crippen LogP contribution >= 0.6 is 11.8 Å². The number of hydrogen-bond donors (Lipinski definition) is 0. The molecule has 2 aromatic rings. The van der Waals surface area contributed by atoms with Crippen LogP contribution in [0.3, 0.4) is 0 Å². The smallest absolute Gasteiger partial charge is 0.341 e. The molecule has 0 aromatic heterocycles. The highest BCUT2D eigenvalue weighted by molar-refractivity contribution is 7.99. The molecule has 122 valence electrons. The van der Waals surface area contributed by atoms with E-state index in [1.807, 2.05) is 6.07 Å². The fourth-order valence-corrected chi connectivity index (χ4v) is 2.73. The Morgan fingerprint density at radius 2 is 1.70 bits per heavy atom. The summed E-state index contributed by atoms with van der Waals surface area (Å²) in [6.07, 6.45) is 0. The number of benzene rings is 2. The molecule has 0 fully saturated rings. The minimum absolute atomic E-state index is 0.152. The zero-order valence-corrected chi connectivity index (χ0v) is 14.8. The molecule has 2 aromatic carbocycles. The maximum absolute atomic E-state index is 11.7. The number of thioether (sulfide) groups is 1. The van der Waals surface area contributed by atoms with Gasteiger partial charge in [-0.25, -0.2) is 4.79 Å². The number of para-hydroxylation sites is 1. The van der Waals surface area contributed by atoms with Crippen molar-refractivity contribution in [1.29, 1.82) is 0 Å². The number of carbonyl (C=O) groups excluding carboxylic acids is 1. The van der Waals surface area contributed by atoms with Gasteiger partial charge in [0.1, 0.15) is 17.3 Å². The van der Waals surface area contributed by atoms with E-state index < -0.39 is 0 Å². The number of methoxy groups -OCH3 is 1. The SMILES string of the molecule is COC(=O)c1ccccc1OCSc1ccc(C(C)(C)C)cc1. The molecule has 0 aliphatic rings. The molecule has 0 bridgehead atoms. The van der Waals surface area contributed by atoms with E-state index in [4.69, 9.17) is 9.47 Å². The van der Waals surface area contributed by atoms with E-state index in [0.29, 0.717) is 17.3 Å². The van der Waals surface area contributed by atoms with Crippen LogP contribution in [-0.2, 0) is 10.2 Å². The summed E-state index contributed by atoms with van der Waals surface area (Å²) in [5, 5.41) is 0. The van der Waals surface area contributed by atoms with E-state index in [0.717, 1.165) is 4.90 Å². The van der Waals surface area contributed by atoms with Crippen molar-refractivity contribution in [3.05, 3.63) is 59.7 Å². The summed E-state index contributed by atoms with van der Waals surface area (Å²) >= 11 is 1.59. The lowest BCUT2D eigenvalue weighted by molar-refractivity contribution is 0.0597. The molecule has 0 aliphatic carbocycles. The standard InChI is InChI=1S/C19H22O3S/c1-19(2,3)14-9-11-15(12-10-14)23-13-22-17-8-6-5-7-16(17)18(20)21-4/h5-12H,13H2,1-4H3. The molecular formula is C19H22O3S. The first kappa shape index (κ1) is 17.4. The lowest BCUT2D eigenvalue weighted by Gasteiger charge is -2.19. The van der Waals surface area contributed by atoms with Crippen LogP contribution in [0.15, 0.2) is 53.4 Å². The van der Waals surface area contributed by atoms with Crippen molar-refractivity contribution in [2.24, 2.45) is 0 Å². The number of esters is 1. The van der Waals surface area contributed by atoms with Crippen molar-refractivity contribution in [1.82, 2.24) is 0 Å². The average Bonchev–Trinajstić information content (AvgIpc) is 2.54. The van der Waals surface area contributed by atoms with Crippen LogP contribution in [0.1, 0.15) is 36.7 Å². The van der Waals surface area contributed by atoms with Crippen molar-refractivity contribution in [3.8, 4) is 5.75 Å². The quantitative estimate of drug-likeness (QED) is 0.444. The first-order valence-corrected chi connectivity index (χ1v) is 8.44. The molecule has 2 rings (SSSR count). The minimum Gasteiger partial charge on any atom is -0.482 e. The van der Waals surface area contributed by atoms with Gasteiger partial charge in [-0.3, -0.25) is 0 Å². The first-order chi connectivity index (χ1) is 10.9. The molecule has 0 radical (unpaired) electrons. The topological polar surface area (TPSA) is 35.5 Å². The second kappa shape index (κ2) is 7.55. The van der Waals surface area contributed by atoms with Gasteiger partial charge in [0.05, 0.1) is 7.11 Å². The summed E-state index contributed by atoms with van der Waals surface area (Å²) < 4.78 is 10.5. The Bertz CT molecular complexity index is 657. The van der Waals surface area contributed by atoms with Gasteiger partial charge >= 0.3 is 5.97 Å². The largest absolute Gasteiger partial charge is 0.482 e. The summed E-state index contributed by atoms with van der Waals surface area (Å²) in [5.74, 6) is 0.585. The van der Waals surface area contributed by atoms with Crippen molar-refractivity contribution in [2.75, 3.05) is 13.0 Å². The fraction of sp³-hybridized carbons (Fsp3) is 0.316. The maximum Gasteiger partial charge on any atom is 0.341 e. The van der Waals surface area contributed by atoms with Gasteiger partial charge in [-0.15, -0.1) is 0 Å². The molecule has 0 saturated carbocycles. The number of carbonyl (C=O) groups is 1. The van der Waals surface area contributed by atoms with Gasteiger partial charge in [0, 0.05) is 4.90 Å². The lowest BCUT2D eigenvalue weighted by atomic mass is 9.87. The first-order valence-electron chi connectivity index (χ1n) is 7.45. The van der Waals surface area contributed by atoms with Crippen LogP contribution < -0.4 is 4.74 Å². The van der Waals surface area contributed by atoms with Gasteiger partial charge in [0.25, 0.3) is 0 Å². The van der Waals surface area contributed by atoms with Crippen LogP contribution in [0, 0.1) is 0 Å². The van der Waals surface area contributed by atoms with Gasteiger partial charge in [-0.2, -0.15) is 0 Å². The predicted molar refractivity (Wildman–Crippen MR) is 94.3 cm³/mol. The zero-order valence-electron chi connectivity index (χ0n) is 14.0. The third-order valence-electron chi connectivity index (χ3n) is 3.45. The second-order valence-electron chi connectivity index (χ2n) is 6.17. The Hall–Kier alpha value is -1.94. The van der Waals surface area contributed by atoms with Gasteiger partial charge < -0.3 is 9.47 Å². The van der Waals surface area contributed by atoms with Crippen LogP contribution in [-0.4, -0.2) is 19.0 Å². The molecule has 23 heavy (non-hydrogen) atoms. The number of ether oxygens (including phenoxy) is 2. The Morgan fingerprint density at radius 3 is 2.30 bits per heavy atom. The summed E-state index contributed by atoms with van der Waals surface area (Å²) in [6.45, 7) is 6.59. The molecule has 0 unspecified atom stereocenters. The Morgan fingerprint density at radius 1 is 1.04 bits per heavy atom. The van der Waals surface area contributed by atoms with E-state index in [2.05, 4.69) is 45.0 Å². The normalized spacial score (nSPS) is 11.1. The number of rotatable bonds is 5. The molecular weight excluding hydrogens is 308 g/mol. The van der Waals surface area contributed by atoms with Crippen LogP contribution in [0.4, 0.5) is 0 Å². The van der Waals surface area contributed by atoms with E-state index in [-0.39, 0.29) is 11.4 Å². The highest BCUT2D eigenvalue weighted by Crippen LogP contribution is 2.27. The van der Waals surface area contributed by atoms with Gasteiger partial charge in [0.15, 0.2) is 0 Å². The molecule has 3 nitrogen and oxygen atoms in total. The molecule has 0 N–H and O–H groups in total. The maximum atomic E-state index is 11.7. The van der Waals surface area contributed by atoms with E-state index >= 15 is 0 Å². The highest BCUT2D eigenvalue weighted by Gasteiger charge is 2.14. The van der Waals surface area contributed by atoms with Gasteiger partial charge in [-0.05, 0) is 35.2 Å². The predicted octanol–water partition coefficient (Wildman–Crippen LogP) is 4.90. The van der Waals surface area contributed by atoms with E-state index in [1.54, 1.807) is 30.0 Å². The third kappa shape index (κ3) is 4.76. The average molecular weight is 330 g/mol. The molecule has 0 atom stereocenters. The van der Waals surface area contributed by atoms with Crippen molar-refractivity contribution < 1.29 is 14.3 Å². The molecule has 0 saturated heterocycles. The van der Waals surface area contributed by atoms with Crippen LogP contribution in [0.5, 0.6) is 5.75 Å². The summed E-state index contributed by atoms with van der Waals surface area (Å²) in [6, 6.07) is 15.6. The minimum atomic E-state index is -0.389. The Kier molecular flexibility index (Phi) is 5.72. The fourth-order valence-electron chi connectivity index (χ4n) is 2.08. The van der Waals surface area contributed by atoms with E-state index in [1.165, 1.54) is 12.7 Å². The van der Waals surface area contributed by atoms with Gasteiger partial charge in [-0.1, -0.05) is 56.8 Å². The Labute approximate surface area is 142 Å². The lowest BCUT2D eigenvalue weighted by Crippen LogP contribution is -2.10. The summed E-state index contributed by atoms with van der Waals surface area (Å²) in [7, 11) is 1.37. The van der Waals surface area contributed by atoms with Crippen LogP contribution in [0.25, 0.3) is 0 Å². The van der Waals surface area contributed by atoms with Crippen molar-refractivity contribution >= 4 is 17.7 Å². The summed E-state index contributed by atoms with van der Waals surface area (Å²) in [5.41, 5.74) is 1.90. The Balaban J connectivity index is 1.97. The zero-order chi connectivity index (χ0) is 16.9. The van der Waals surface area contributed by atoms with Gasteiger partial charge in [0.2, 0.25) is 0 Å². The second-order valence-corrected chi connectivity index (χ2v) is 7.16. The van der Waals surface area contributed by atoms with Crippen molar-refractivity contribution in [2.45, 2.75) is 31.1 Å². The molecule has 0 amide bonds. The molecule has 0 heterocycles. The van der Waals surface area contributed by atoms with Crippen molar-refractivity contribution in [3.63, 3.8) is 0 Å². The third-order valence-corrected chi connectivity index (χ3v) is 4.29. The van der Waals surface area contributed by atoms with E-state index in [9.17, 15) is 4.79 Å². The van der Waals surface area contributed by atoms with Crippen LogP contribution in [0.2, 0.25) is 0 Å². The monoisotopic (exact) mass is 330 g/mol. The molecule has 0 spiro atoms. The summed E-state index contributed by atoms with van der Waals surface area (Å²) in [4.78, 5) is 12.8. The molecule has 4 heteroatoms. The number of hydrogen-bond acceptors (Lipinski definition) is 4.